The highest BCUT2D eigenvalue weighted by atomic mass is 79.9. The lowest BCUT2D eigenvalue weighted by Crippen LogP contribution is -2.27. The predicted molar refractivity (Wildman–Crippen MR) is 71.1 cm³/mol. The van der Waals surface area contributed by atoms with E-state index in [1.807, 2.05) is 0 Å². The maximum atomic E-state index is 13.7. The zero-order valence-electron chi connectivity index (χ0n) is 10.5. The summed E-state index contributed by atoms with van der Waals surface area (Å²) in [6.07, 6.45) is 0. The van der Waals surface area contributed by atoms with Gasteiger partial charge in [0.05, 0.1) is 12.1 Å². The molecule has 4 nitrogen and oxygen atoms in total. The number of carbonyl (C=O) groups is 1. The van der Waals surface area contributed by atoms with E-state index in [1.54, 1.807) is 26.1 Å². The number of benzene rings is 1. The molecule has 100 valence electrons. The monoisotopic (exact) mass is 326 g/mol. The van der Waals surface area contributed by atoms with Crippen molar-refractivity contribution in [1.82, 2.24) is 10.1 Å². The van der Waals surface area contributed by atoms with Crippen LogP contribution in [0.3, 0.4) is 0 Å². The van der Waals surface area contributed by atoms with Crippen LogP contribution in [0.15, 0.2) is 33.3 Å². The molecular formula is C13H12BrFN2O2. The number of rotatable bonds is 3. The van der Waals surface area contributed by atoms with Crippen molar-refractivity contribution >= 4 is 21.8 Å². The lowest BCUT2D eigenvalue weighted by Gasteiger charge is -2.16. The Hall–Kier alpha value is -1.69. The molecule has 1 aromatic carbocycles. The van der Waals surface area contributed by atoms with Crippen LogP contribution in [0, 0.1) is 12.7 Å². The van der Waals surface area contributed by atoms with Crippen molar-refractivity contribution in [3.63, 3.8) is 0 Å². The van der Waals surface area contributed by atoms with Crippen molar-refractivity contribution in [3.8, 4) is 0 Å². The third-order valence-corrected chi connectivity index (χ3v) is 3.26. The minimum atomic E-state index is -0.553. The average molecular weight is 327 g/mol. The molecule has 1 heterocycles. The molecule has 0 N–H and O–H groups in total. The average Bonchev–Trinajstić information content (AvgIpc) is 2.74. The largest absolute Gasteiger partial charge is 0.361 e. The van der Waals surface area contributed by atoms with Crippen molar-refractivity contribution in [2.24, 2.45) is 0 Å². The van der Waals surface area contributed by atoms with Crippen molar-refractivity contribution < 1.29 is 13.7 Å². The number of aromatic nitrogens is 1. The van der Waals surface area contributed by atoms with E-state index in [9.17, 15) is 9.18 Å². The first-order valence-corrected chi connectivity index (χ1v) is 6.40. The lowest BCUT2D eigenvalue weighted by molar-refractivity contribution is 0.0776. The molecule has 0 fully saturated rings. The summed E-state index contributed by atoms with van der Waals surface area (Å²) in [5.41, 5.74) is 0.644. The van der Waals surface area contributed by atoms with Gasteiger partial charge in [0.1, 0.15) is 17.3 Å². The van der Waals surface area contributed by atoms with Crippen molar-refractivity contribution in [1.29, 1.82) is 0 Å². The van der Waals surface area contributed by atoms with E-state index in [4.69, 9.17) is 4.52 Å². The van der Waals surface area contributed by atoms with Gasteiger partial charge in [0.15, 0.2) is 0 Å². The zero-order chi connectivity index (χ0) is 14.0. The number of carbonyl (C=O) groups excluding carboxylic acids is 1. The Morgan fingerprint density at radius 1 is 1.53 bits per heavy atom. The smallest absolute Gasteiger partial charge is 0.258 e. The van der Waals surface area contributed by atoms with Crippen LogP contribution in [-0.4, -0.2) is 23.0 Å². The van der Waals surface area contributed by atoms with E-state index in [-0.39, 0.29) is 12.1 Å². The lowest BCUT2D eigenvalue weighted by atomic mass is 10.2. The number of halogens is 2. The Labute approximate surface area is 118 Å². The molecule has 0 aliphatic carbocycles. The van der Waals surface area contributed by atoms with Gasteiger partial charge in [-0.1, -0.05) is 11.2 Å². The molecule has 0 saturated carbocycles. The summed E-state index contributed by atoms with van der Waals surface area (Å²) >= 11 is 3.18. The summed E-state index contributed by atoms with van der Waals surface area (Å²) < 4.78 is 19.1. The molecule has 0 unspecified atom stereocenters. The minimum absolute atomic E-state index is 0.0187. The molecule has 0 aliphatic heterocycles. The SMILES string of the molecule is Cc1cc(CN(C)C(=O)c2c(F)cccc2Br)no1. The van der Waals surface area contributed by atoms with Gasteiger partial charge in [-0.25, -0.2) is 4.39 Å². The number of nitrogens with zero attached hydrogens (tertiary/aromatic N) is 2. The van der Waals surface area contributed by atoms with Crippen LogP contribution in [0.1, 0.15) is 21.8 Å². The van der Waals surface area contributed by atoms with Gasteiger partial charge in [0, 0.05) is 17.6 Å². The van der Waals surface area contributed by atoms with Crippen LogP contribution in [0.25, 0.3) is 0 Å². The van der Waals surface area contributed by atoms with E-state index in [1.165, 1.54) is 17.0 Å². The molecule has 1 aromatic heterocycles. The summed E-state index contributed by atoms with van der Waals surface area (Å²) in [6.45, 7) is 2.03. The molecule has 0 radical (unpaired) electrons. The van der Waals surface area contributed by atoms with Crippen molar-refractivity contribution in [2.45, 2.75) is 13.5 Å². The fourth-order valence-electron chi connectivity index (χ4n) is 1.70. The third kappa shape index (κ3) is 3.01. The first kappa shape index (κ1) is 13.7. The van der Waals surface area contributed by atoms with Gasteiger partial charge in [-0.3, -0.25) is 4.79 Å². The summed E-state index contributed by atoms with van der Waals surface area (Å²) in [5.74, 6) is -0.295. The highest BCUT2D eigenvalue weighted by molar-refractivity contribution is 9.10. The molecule has 0 atom stereocenters. The zero-order valence-corrected chi connectivity index (χ0v) is 12.1. The van der Waals surface area contributed by atoms with Crippen LogP contribution in [0.2, 0.25) is 0 Å². The van der Waals surface area contributed by atoms with Crippen LogP contribution in [0.5, 0.6) is 0 Å². The normalized spacial score (nSPS) is 10.5. The fourth-order valence-corrected chi connectivity index (χ4v) is 2.21. The second-order valence-corrected chi connectivity index (χ2v) is 5.04. The second kappa shape index (κ2) is 5.52. The summed E-state index contributed by atoms with van der Waals surface area (Å²) in [4.78, 5) is 13.6. The molecule has 6 heteroatoms. The Balaban J connectivity index is 2.19. The minimum Gasteiger partial charge on any atom is -0.361 e. The number of hydrogen-bond acceptors (Lipinski definition) is 3. The van der Waals surface area contributed by atoms with Crippen LogP contribution >= 0.6 is 15.9 Å². The maximum Gasteiger partial charge on any atom is 0.258 e. The van der Waals surface area contributed by atoms with E-state index >= 15 is 0 Å². The van der Waals surface area contributed by atoms with Crippen LogP contribution in [0.4, 0.5) is 4.39 Å². The van der Waals surface area contributed by atoms with E-state index < -0.39 is 11.7 Å². The van der Waals surface area contributed by atoms with Gasteiger partial charge >= 0.3 is 0 Å². The van der Waals surface area contributed by atoms with E-state index in [0.717, 1.165) is 0 Å². The molecule has 0 bridgehead atoms. The Bertz CT molecular complexity index is 592. The Morgan fingerprint density at radius 3 is 2.84 bits per heavy atom. The molecule has 0 aliphatic rings. The first-order valence-electron chi connectivity index (χ1n) is 5.60. The van der Waals surface area contributed by atoms with Gasteiger partial charge in [0.25, 0.3) is 5.91 Å². The Morgan fingerprint density at radius 2 is 2.26 bits per heavy atom. The molecule has 2 rings (SSSR count). The van der Waals surface area contributed by atoms with Gasteiger partial charge in [-0.15, -0.1) is 0 Å². The van der Waals surface area contributed by atoms with Crippen LogP contribution < -0.4 is 0 Å². The van der Waals surface area contributed by atoms with E-state index in [0.29, 0.717) is 15.9 Å². The highest BCUT2D eigenvalue weighted by Crippen LogP contribution is 2.21. The van der Waals surface area contributed by atoms with Gasteiger partial charge < -0.3 is 9.42 Å². The molecule has 0 spiro atoms. The Kier molecular flexibility index (Phi) is 3.99. The maximum absolute atomic E-state index is 13.7. The highest BCUT2D eigenvalue weighted by Gasteiger charge is 2.20. The van der Waals surface area contributed by atoms with Crippen molar-refractivity contribution in [3.05, 3.63) is 51.6 Å². The molecule has 1 amide bonds. The molecule has 0 saturated heterocycles. The van der Waals surface area contributed by atoms with E-state index in [2.05, 4.69) is 21.1 Å². The summed E-state index contributed by atoms with van der Waals surface area (Å²) in [5, 5.41) is 3.80. The topological polar surface area (TPSA) is 46.3 Å². The first-order chi connectivity index (χ1) is 8.99. The molecule has 19 heavy (non-hydrogen) atoms. The summed E-state index contributed by atoms with van der Waals surface area (Å²) in [6, 6.07) is 6.16. The van der Waals surface area contributed by atoms with Crippen LogP contribution in [-0.2, 0) is 6.54 Å². The number of amides is 1. The van der Waals surface area contributed by atoms with Gasteiger partial charge in [-0.05, 0) is 35.0 Å². The summed E-state index contributed by atoms with van der Waals surface area (Å²) in [7, 11) is 1.59. The molecular weight excluding hydrogens is 315 g/mol. The quantitative estimate of drug-likeness (QED) is 0.870. The number of aryl methyl sites for hydroxylation is 1. The second-order valence-electron chi connectivity index (χ2n) is 4.19. The predicted octanol–water partition coefficient (Wildman–Crippen LogP) is 3.16. The molecule has 2 aromatic rings. The number of hydrogen-bond donors (Lipinski definition) is 0. The van der Waals surface area contributed by atoms with Crippen molar-refractivity contribution in [2.75, 3.05) is 7.05 Å². The standard InChI is InChI=1S/C13H12BrFN2O2/c1-8-6-9(16-19-8)7-17(2)13(18)12-10(14)4-3-5-11(12)15/h3-6H,7H2,1-2H3. The third-order valence-electron chi connectivity index (χ3n) is 2.60. The van der Waals surface area contributed by atoms with Gasteiger partial charge in [-0.2, -0.15) is 0 Å². The van der Waals surface area contributed by atoms with Gasteiger partial charge in [0.2, 0.25) is 0 Å². The fraction of sp³-hybridized carbons (Fsp3) is 0.231.